The third-order valence-electron chi connectivity index (χ3n) is 3.61. The van der Waals surface area contributed by atoms with E-state index in [-0.39, 0.29) is 11.1 Å². The van der Waals surface area contributed by atoms with Gasteiger partial charge in [0.25, 0.3) is 0 Å². The molecule has 2 heteroatoms. The first-order valence-corrected chi connectivity index (χ1v) is 7.49. The predicted molar refractivity (Wildman–Crippen MR) is 94.1 cm³/mol. The van der Waals surface area contributed by atoms with Crippen LogP contribution in [0.5, 0.6) is 0 Å². The van der Waals surface area contributed by atoms with Gasteiger partial charge in [0.05, 0.1) is 0 Å². The summed E-state index contributed by atoms with van der Waals surface area (Å²) in [5, 5.41) is 0. The van der Waals surface area contributed by atoms with Crippen LogP contribution in [0.1, 0.15) is 25.0 Å². The lowest BCUT2D eigenvalue weighted by Gasteiger charge is -2.10. The van der Waals surface area contributed by atoms with Gasteiger partial charge in [-0.25, -0.2) is 8.78 Å². The molecule has 0 N–H and O–H groups in total. The first kappa shape index (κ1) is 16.9. The highest BCUT2D eigenvalue weighted by Crippen LogP contribution is 2.30. The van der Waals surface area contributed by atoms with Crippen LogP contribution in [0.3, 0.4) is 0 Å². The molecule has 2 aromatic carbocycles. The van der Waals surface area contributed by atoms with Gasteiger partial charge in [0.1, 0.15) is 0 Å². The van der Waals surface area contributed by atoms with Crippen LogP contribution in [0.25, 0.3) is 16.7 Å². The molecule has 0 aromatic heterocycles. The van der Waals surface area contributed by atoms with Crippen molar-refractivity contribution in [1.29, 1.82) is 0 Å². The number of hydrogen-bond donors (Lipinski definition) is 0. The van der Waals surface area contributed by atoms with Crippen LogP contribution in [-0.2, 0) is 0 Å². The predicted octanol–water partition coefficient (Wildman–Crippen LogP) is 6.48. The summed E-state index contributed by atoms with van der Waals surface area (Å²) in [5.41, 5.74) is 3.73. The van der Waals surface area contributed by atoms with E-state index in [0.29, 0.717) is 11.1 Å². The van der Waals surface area contributed by atoms with Crippen molar-refractivity contribution in [2.24, 2.45) is 0 Å². The lowest BCUT2D eigenvalue weighted by Crippen LogP contribution is -1.96. The summed E-state index contributed by atoms with van der Waals surface area (Å²) >= 11 is 0. The molecular formula is C21H20F2. The Hall–Kier alpha value is -2.48. The summed E-state index contributed by atoms with van der Waals surface area (Å²) in [6, 6.07) is 10.6. The minimum atomic E-state index is -0.831. The molecule has 0 saturated heterocycles. The molecule has 0 fully saturated rings. The molecule has 0 aliphatic heterocycles. The standard InChI is InChI=1S/C21H20F2/c1-5-16(9-6-14(2)3)18-12-13-19(21(23)20(18)22)17-10-7-15(4)8-11-17/h5-13H,2H2,1,3-4H3/b9-6-,16-5+. The second-order valence-corrected chi connectivity index (χ2v) is 5.58. The number of hydrogen-bond acceptors (Lipinski definition) is 0. The Morgan fingerprint density at radius 3 is 2.17 bits per heavy atom. The van der Waals surface area contributed by atoms with E-state index in [1.165, 1.54) is 0 Å². The Balaban J connectivity index is 2.49. The fourth-order valence-electron chi connectivity index (χ4n) is 2.30. The maximum Gasteiger partial charge on any atom is 0.167 e. The van der Waals surface area contributed by atoms with Gasteiger partial charge in [0.15, 0.2) is 11.6 Å². The number of aryl methyl sites for hydroxylation is 1. The molecular weight excluding hydrogens is 290 g/mol. The second kappa shape index (κ2) is 7.19. The molecule has 2 rings (SSSR count). The van der Waals surface area contributed by atoms with Gasteiger partial charge in [0.2, 0.25) is 0 Å². The number of rotatable bonds is 4. The molecule has 0 nitrogen and oxygen atoms in total. The van der Waals surface area contributed by atoms with E-state index in [9.17, 15) is 8.78 Å². The Bertz CT molecular complexity index is 778. The zero-order valence-electron chi connectivity index (χ0n) is 13.7. The van der Waals surface area contributed by atoms with Crippen molar-refractivity contribution in [1.82, 2.24) is 0 Å². The Morgan fingerprint density at radius 2 is 1.61 bits per heavy atom. The number of halogens is 2. The number of allylic oxidation sites excluding steroid dienone is 5. The normalized spacial score (nSPS) is 12.0. The van der Waals surface area contributed by atoms with Crippen molar-refractivity contribution in [3.05, 3.63) is 89.5 Å². The lowest BCUT2D eigenvalue weighted by molar-refractivity contribution is 0.509. The largest absolute Gasteiger partial charge is 0.203 e. The SMILES string of the molecule is C=C(C)/C=C\C(=C/C)c1ccc(-c2ccc(C)cc2)c(F)c1F. The number of benzene rings is 2. The van der Waals surface area contributed by atoms with E-state index in [1.54, 1.807) is 49.4 Å². The van der Waals surface area contributed by atoms with Crippen molar-refractivity contribution in [2.75, 3.05) is 0 Å². The van der Waals surface area contributed by atoms with Gasteiger partial charge in [-0.05, 0) is 31.9 Å². The van der Waals surface area contributed by atoms with Gasteiger partial charge in [-0.15, -0.1) is 0 Å². The molecule has 0 radical (unpaired) electrons. The summed E-state index contributed by atoms with van der Waals surface area (Å²) in [4.78, 5) is 0. The van der Waals surface area contributed by atoms with Crippen LogP contribution >= 0.6 is 0 Å². The van der Waals surface area contributed by atoms with Crippen molar-refractivity contribution >= 4 is 5.57 Å². The topological polar surface area (TPSA) is 0 Å². The lowest BCUT2D eigenvalue weighted by atomic mass is 9.97. The highest BCUT2D eigenvalue weighted by molar-refractivity contribution is 5.77. The average molecular weight is 310 g/mol. The molecule has 0 atom stereocenters. The first-order valence-electron chi connectivity index (χ1n) is 7.49. The Kier molecular flexibility index (Phi) is 5.28. The summed E-state index contributed by atoms with van der Waals surface area (Å²) < 4.78 is 29.0. The van der Waals surface area contributed by atoms with Crippen LogP contribution in [0, 0.1) is 18.6 Å². The average Bonchev–Trinajstić information content (AvgIpc) is 2.52. The van der Waals surface area contributed by atoms with Crippen LogP contribution in [-0.4, -0.2) is 0 Å². The maximum atomic E-state index is 14.5. The Labute approximate surface area is 136 Å². The van der Waals surface area contributed by atoms with Crippen LogP contribution in [0.4, 0.5) is 8.78 Å². The monoisotopic (exact) mass is 310 g/mol. The highest BCUT2D eigenvalue weighted by atomic mass is 19.2. The maximum absolute atomic E-state index is 14.5. The first-order chi connectivity index (χ1) is 10.9. The zero-order valence-corrected chi connectivity index (χ0v) is 13.7. The molecule has 2 aromatic rings. The zero-order chi connectivity index (χ0) is 17.0. The van der Waals surface area contributed by atoms with Gasteiger partial charge < -0.3 is 0 Å². The summed E-state index contributed by atoms with van der Waals surface area (Å²) in [6.45, 7) is 9.37. The molecule has 0 bridgehead atoms. The summed E-state index contributed by atoms with van der Waals surface area (Å²) in [6.07, 6.45) is 5.27. The molecule has 118 valence electrons. The molecule has 0 aliphatic carbocycles. The van der Waals surface area contributed by atoms with Gasteiger partial charge in [-0.1, -0.05) is 72.3 Å². The Morgan fingerprint density at radius 1 is 0.957 bits per heavy atom. The molecule has 0 aliphatic rings. The van der Waals surface area contributed by atoms with E-state index in [0.717, 1.165) is 11.1 Å². The smallest absolute Gasteiger partial charge is 0.167 e. The second-order valence-electron chi connectivity index (χ2n) is 5.58. The van der Waals surface area contributed by atoms with E-state index >= 15 is 0 Å². The molecule has 0 spiro atoms. The molecule has 23 heavy (non-hydrogen) atoms. The fourth-order valence-corrected chi connectivity index (χ4v) is 2.30. The van der Waals surface area contributed by atoms with Crippen molar-refractivity contribution in [3.63, 3.8) is 0 Å². The van der Waals surface area contributed by atoms with Crippen molar-refractivity contribution in [2.45, 2.75) is 20.8 Å². The van der Waals surface area contributed by atoms with E-state index in [4.69, 9.17) is 0 Å². The fraction of sp³-hybridized carbons (Fsp3) is 0.143. The van der Waals surface area contributed by atoms with E-state index in [1.807, 2.05) is 26.0 Å². The molecule has 0 amide bonds. The van der Waals surface area contributed by atoms with Gasteiger partial charge in [0, 0.05) is 11.1 Å². The van der Waals surface area contributed by atoms with E-state index < -0.39 is 11.6 Å². The molecule has 0 heterocycles. The van der Waals surface area contributed by atoms with Crippen LogP contribution in [0.15, 0.2) is 66.8 Å². The van der Waals surface area contributed by atoms with Crippen LogP contribution in [0.2, 0.25) is 0 Å². The van der Waals surface area contributed by atoms with E-state index in [2.05, 4.69) is 6.58 Å². The molecule has 0 unspecified atom stereocenters. The van der Waals surface area contributed by atoms with Crippen molar-refractivity contribution < 1.29 is 8.78 Å². The van der Waals surface area contributed by atoms with Gasteiger partial charge in [-0.3, -0.25) is 0 Å². The quantitative estimate of drug-likeness (QED) is 0.567. The van der Waals surface area contributed by atoms with Gasteiger partial charge >= 0.3 is 0 Å². The molecule has 0 saturated carbocycles. The van der Waals surface area contributed by atoms with Crippen molar-refractivity contribution in [3.8, 4) is 11.1 Å². The minimum Gasteiger partial charge on any atom is -0.203 e. The van der Waals surface area contributed by atoms with Crippen LogP contribution < -0.4 is 0 Å². The summed E-state index contributed by atoms with van der Waals surface area (Å²) in [7, 11) is 0. The highest BCUT2D eigenvalue weighted by Gasteiger charge is 2.15. The summed E-state index contributed by atoms with van der Waals surface area (Å²) in [5.74, 6) is -1.66. The minimum absolute atomic E-state index is 0.248. The third-order valence-corrected chi connectivity index (χ3v) is 3.61. The van der Waals surface area contributed by atoms with Gasteiger partial charge in [-0.2, -0.15) is 0 Å². The third kappa shape index (κ3) is 3.84.